The number of nitrogens with zero attached hydrogens (tertiary/aromatic N) is 1. The molecule has 0 radical (unpaired) electrons. The number of carbonyl (C=O) groups is 1. The van der Waals surface area contributed by atoms with Crippen molar-refractivity contribution in [3.63, 3.8) is 0 Å². The van der Waals surface area contributed by atoms with Gasteiger partial charge in [0, 0.05) is 25.6 Å². The van der Waals surface area contributed by atoms with Crippen molar-refractivity contribution in [2.24, 2.45) is 5.92 Å². The monoisotopic (exact) mass is 332 g/mol. The molecule has 1 atom stereocenters. The maximum atomic E-state index is 12.4. The molecule has 1 N–H and O–H groups in total. The first-order valence-corrected chi connectivity index (χ1v) is 8.50. The summed E-state index contributed by atoms with van der Waals surface area (Å²) in [6.07, 6.45) is 3.84. The van der Waals surface area contributed by atoms with Crippen molar-refractivity contribution in [1.29, 1.82) is 0 Å². The molecule has 1 aliphatic carbocycles. The van der Waals surface area contributed by atoms with Gasteiger partial charge in [-0.2, -0.15) is 0 Å². The number of rotatable bonds is 5. The second kappa shape index (κ2) is 7.21. The number of amides is 1. The van der Waals surface area contributed by atoms with Gasteiger partial charge in [0.1, 0.15) is 0 Å². The van der Waals surface area contributed by atoms with Crippen LogP contribution in [0.4, 0.5) is 0 Å². The second-order valence-electron chi connectivity index (χ2n) is 6.57. The molecule has 0 unspecified atom stereocenters. The van der Waals surface area contributed by atoms with Gasteiger partial charge < -0.3 is 14.5 Å². The van der Waals surface area contributed by atoms with Crippen molar-refractivity contribution >= 4 is 17.0 Å². The van der Waals surface area contributed by atoms with Crippen molar-refractivity contribution in [2.45, 2.75) is 51.3 Å². The van der Waals surface area contributed by atoms with Crippen LogP contribution < -0.4 is 11.1 Å². The molecule has 1 aromatic carbocycles. The second-order valence-corrected chi connectivity index (χ2v) is 6.57. The van der Waals surface area contributed by atoms with E-state index in [1.54, 1.807) is 17.7 Å². The highest BCUT2D eigenvalue weighted by molar-refractivity contribution is 5.79. The highest BCUT2D eigenvalue weighted by atomic mass is 16.5. The normalized spacial score (nSPS) is 22.4. The molecule has 0 saturated heterocycles. The predicted molar refractivity (Wildman–Crippen MR) is 90.8 cm³/mol. The van der Waals surface area contributed by atoms with Gasteiger partial charge in [-0.25, -0.2) is 4.79 Å². The summed E-state index contributed by atoms with van der Waals surface area (Å²) in [5.74, 6) is -0.285. The van der Waals surface area contributed by atoms with E-state index in [-0.39, 0.29) is 24.0 Å². The molecular weight excluding hydrogens is 308 g/mol. The van der Waals surface area contributed by atoms with Crippen LogP contribution in [-0.4, -0.2) is 29.7 Å². The van der Waals surface area contributed by atoms with Crippen LogP contribution in [0, 0.1) is 5.92 Å². The number of para-hydroxylation sites is 2. The third-order valence-electron chi connectivity index (χ3n) is 4.80. The maximum absolute atomic E-state index is 12.4. The lowest BCUT2D eigenvalue weighted by atomic mass is 9.86. The van der Waals surface area contributed by atoms with E-state index in [1.807, 2.05) is 25.1 Å². The Kier molecular flexibility index (Phi) is 5.04. The Morgan fingerprint density at radius 3 is 2.75 bits per heavy atom. The summed E-state index contributed by atoms with van der Waals surface area (Å²) in [6.45, 7) is 2.31. The van der Waals surface area contributed by atoms with Crippen molar-refractivity contribution in [2.75, 3.05) is 7.11 Å². The fraction of sp³-hybridized carbons (Fsp3) is 0.556. The summed E-state index contributed by atoms with van der Waals surface area (Å²) in [5, 5.41) is 3.03. The van der Waals surface area contributed by atoms with Crippen LogP contribution in [0.25, 0.3) is 11.1 Å². The van der Waals surface area contributed by atoms with E-state index < -0.39 is 5.76 Å². The van der Waals surface area contributed by atoms with Gasteiger partial charge in [0.15, 0.2) is 5.58 Å². The zero-order chi connectivity index (χ0) is 17.1. The number of aromatic nitrogens is 1. The van der Waals surface area contributed by atoms with E-state index >= 15 is 0 Å². The summed E-state index contributed by atoms with van der Waals surface area (Å²) in [5.41, 5.74) is 1.32. The fourth-order valence-electron chi connectivity index (χ4n) is 3.43. The Morgan fingerprint density at radius 1 is 1.33 bits per heavy atom. The van der Waals surface area contributed by atoms with Crippen LogP contribution in [0.15, 0.2) is 33.5 Å². The van der Waals surface area contributed by atoms with Gasteiger partial charge in [0.25, 0.3) is 0 Å². The minimum atomic E-state index is -0.391. The third-order valence-corrected chi connectivity index (χ3v) is 4.80. The van der Waals surface area contributed by atoms with Gasteiger partial charge >= 0.3 is 5.76 Å². The number of hydrogen-bond acceptors (Lipinski definition) is 4. The van der Waals surface area contributed by atoms with Crippen LogP contribution in [0.3, 0.4) is 0 Å². The average Bonchev–Trinajstić information content (AvgIpc) is 2.90. The first-order chi connectivity index (χ1) is 11.6. The van der Waals surface area contributed by atoms with Crippen LogP contribution in [0.1, 0.15) is 32.6 Å². The molecule has 3 rings (SSSR count). The highest BCUT2D eigenvalue weighted by Gasteiger charge is 2.27. The van der Waals surface area contributed by atoms with Crippen LogP contribution in [0.5, 0.6) is 0 Å². The van der Waals surface area contributed by atoms with Gasteiger partial charge in [0.05, 0.1) is 11.6 Å². The van der Waals surface area contributed by atoms with Gasteiger partial charge in [-0.05, 0) is 44.7 Å². The van der Waals surface area contributed by atoms with Crippen LogP contribution >= 0.6 is 0 Å². The Hall–Kier alpha value is -2.08. The van der Waals surface area contributed by atoms with Crippen molar-refractivity contribution in [3.05, 3.63) is 34.8 Å². The molecule has 0 spiro atoms. The quantitative estimate of drug-likeness (QED) is 0.912. The number of carbonyl (C=O) groups excluding carboxylic acids is 1. The zero-order valence-corrected chi connectivity index (χ0v) is 14.2. The smallest absolute Gasteiger partial charge is 0.408 e. The predicted octanol–water partition coefficient (Wildman–Crippen LogP) is 2.30. The molecule has 0 bridgehead atoms. The lowest BCUT2D eigenvalue weighted by Crippen LogP contribution is -2.42. The minimum absolute atomic E-state index is 0.0386. The average molecular weight is 332 g/mol. The van der Waals surface area contributed by atoms with E-state index in [2.05, 4.69) is 5.32 Å². The number of benzene rings is 1. The molecule has 130 valence electrons. The molecular formula is C18H24N2O4. The molecule has 1 amide bonds. The highest BCUT2D eigenvalue weighted by Crippen LogP contribution is 2.26. The third kappa shape index (κ3) is 3.53. The molecule has 24 heavy (non-hydrogen) atoms. The summed E-state index contributed by atoms with van der Waals surface area (Å²) >= 11 is 0. The number of oxazole rings is 1. The van der Waals surface area contributed by atoms with E-state index in [1.165, 1.54) is 0 Å². The molecule has 1 fully saturated rings. The molecule has 6 nitrogen and oxygen atoms in total. The van der Waals surface area contributed by atoms with Crippen LogP contribution in [0.2, 0.25) is 0 Å². The summed E-state index contributed by atoms with van der Waals surface area (Å²) < 4.78 is 12.1. The Labute approximate surface area is 140 Å². The van der Waals surface area contributed by atoms with Crippen molar-refractivity contribution in [1.82, 2.24) is 9.88 Å². The lowest BCUT2D eigenvalue weighted by Gasteiger charge is -2.27. The number of ether oxygens (including phenoxy) is 1. The van der Waals surface area contributed by atoms with E-state index in [0.29, 0.717) is 12.1 Å². The van der Waals surface area contributed by atoms with Gasteiger partial charge in [-0.15, -0.1) is 0 Å². The topological polar surface area (TPSA) is 73.5 Å². The molecule has 6 heteroatoms. The van der Waals surface area contributed by atoms with Crippen molar-refractivity contribution < 1.29 is 13.9 Å². The molecule has 0 aliphatic heterocycles. The zero-order valence-electron chi connectivity index (χ0n) is 14.2. The SMILES string of the molecule is COC1CCC(C(=O)N[C@@H](C)Cn2c(=O)oc3ccccc32)CC1. The Balaban J connectivity index is 1.61. The Morgan fingerprint density at radius 2 is 2.04 bits per heavy atom. The fourth-order valence-corrected chi connectivity index (χ4v) is 3.43. The summed E-state index contributed by atoms with van der Waals surface area (Å²) in [4.78, 5) is 24.4. The number of methoxy groups -OCH3 is 1. The van der Waals surface area contributed by atoms with Gasteiger partial charge in [-0.3, -0.25) is 9.36 Å². The number of nitrogens with one attached hydrogen (secondary N) is 1. The number of hydrogen-bond donors (Lipinski definition) is 1. The Bertz CT molecular complexity index is 756. The first-order valence-electron chi connectivity index (χ1n) is 8.50. The molecule has 1 saturated carbocycles. The summed E-state index contributed by atoms with van der Waals surface area (Å²) in [6, 6.07) is 7.17. The van der Waals surface area contributed by atoms with Crippen LogP contribution in [-0.2, 0) is 16.1 Å². The summed E-state index contributed by atoms with van der Waals surface area (Å²) in [7, 11) is 1.72. The molecule has 1 aromatic heterocycles. The largest absolute Gasteiger partial charge is 0.420 e. The molecule has 1 heterocycles. The van der Waals surface area contributed by atoms with Gasteiger partial charge in [0.2, 0.25) is 5.91 Å². The van der Waals surface area contributed by atoms with E-state index in [9.17, 15) is 9.59 Å². The number of fused-ring (bicyclic) bond motifs is 1. The van der Waals surface area contributed by atoms with Crippen molar-refractivity contribution in [3.8, 4) is 0 Å². The first kappa shape index (κ1) is 16.8. The minimum Gasteiger partial charge on any atom is -0.408 e. The molecule has 2 aromatic rings. The van der Waals surface area contributed by atoms with E-state index in [0.717, 1.165) is 31.2 Å². The maximum Gasteiger partial charge on any atom is 0.420 e. The van der Waals surface area contributed by atoms with E-state index in [4.69, 9.17) is 9.15 Å². The standard InChI is InChI=1S/C18H24N2O4/c1-12(19-17(21)13-7-9-14(23-2)10-8-13)11-20-15-5-3-4-6-16(15)24-18(20)22/h3-6,12-14H,7-11H2,1-2H3,(H,19,21)/t12-,13?,14?/m0/s1. The molecule has 1 aliphatic rings. The lowest BCUT2D eigenvalue weighted by molar-refractivity contribution is -0.127. The van der Waals surface area contributed by atoms with Gasteiger partial charge in [-0.1, -0.05) is 12.1 Å².